The van der Waals surface area contributed by atoms with Crippen LogP contribution in [0.5, 0.6) is 0 Å². The van der Waals surface area contributed by atoms with E-state index in [9.17, 15) is 0 Å². The second-order valence-electron chi connectivity index (χ2n) is 3.62. The molecule has 0 bridgehead atoms. The number of rotatable bonds is 4. The van der Waals surface area contributed by atoms with Crippen molar-refractivity contribution < 1.29 is 0 Å². The van der Waals surface area contributed by atoms with Gasteiger partial charge in [0.1, 0.15) is 0 Å². The summed E-state index contributed by atoms with van der Waals surface area (Å²) in [6.07, 6.45) is 1.91. The van der Waals surface area contributed by atoms with Gasteiger partial charge in [-0.2, -0.15) is 0 Å². The second kappa shape index (κ2) is 4.96. The summed E-state index contributed by atoms with van der Waals surface area (Å²) in [4.78, 5) is 6.46. The molecule has 0 saturated carbocycles. The summed E-state index contributed by atoms with van der Waals surface area (Å²) in [5.41, 5.74) is 2.23. The molecule has 1 N–H and O–H groups in total. The van der Waals surface area contributed by atoms with Crippen molar-refractivity contribution in [3.63, 3.8) is 0 Å². The van der Waals surface area contributed by atoms with Crippen LogP contribution in [-0.4, -0.2) is 25.6 Å². The highest BCUT2D eigenvalue weighted by atomic mass is 15.1. The van der Waals surface area contributed by atoms with E-state index in [1.54, 1.807) is 0 Å². The Morgan fingerprint density at radius 1 is 1.43 bits per heavy atom. The molecule has 1 heterocycles. The lowest BCUT2D eigenvalue weighted by atomic mass is 10.2. The highest BCUT2D eigenvalue weighted by molar-refractivity contribution is 5.42. The zero-order valence-electron chi connectivity index (χ0n) is 9.41. The maximum absolute atomic E-state index is 4.41. The molecule has 0 radical (unpaired) electrons. The topological polar surface area (TPSA) is 28.2 Å². The number of anilines is 1. The molecule has 14 heavy (non-hydrogen) atoms. The summed E-state index contributed by atoms with van der Waals surface area (Å²) in [5.74, 6) is 0. The van der Waals surface area contributed by atoms with Crippen LogP contribution in [0.4, 0.5) is 5.69 Å². The maximum Gasteiger partial charge on any atom is 0.0572 e. The van der Waals surface area contributed by atoms with Crippen LogP contribution in [0.1, 0.15) is 25.6 Å². The molecule has 1 unspecified atom stereocenters. The van der Waals surface area contributed by atoms with E-state index >= 15 is 0 Å². The molecule has 0 saturated heterocycles. The largest absolute Gasteiger partial charge is 0.376 e. The van der Waals surface area contributed by atoms with Gasteiger partial charge in [0, 0.05) is 20.1 Å². The monoisotopic (exact) mass is 193 g/mol. The van der Waals surface area contributed by atoms with Gasteiger partial charge in [-0.25, -0.2) is 0 Å². The van der Waals surface area contributed by atoms with Gasteiger partial charge < -0.3 is 10.2 Å². The SMILES string of the molecule is CCNC(C)c1ccc(N(C)C)cn1. The average Bonchev–Trinajstić information content (AvgIpc) is 2.18. The first kappa shape index (κ1) is 11.0. The minimum absolute atomic E-state index is 0.330. The lowest BCUT2D eigenvalue weighted by molar-refractivity contribution is 0.583. The van der Waals surface area contributed by atoms with Crippen LogP contribution >= 0.6 is 0 Å². The highest BCUT2D eigenvalue weighted by Crippen LogP contribution is 2.13. The van der Waals surface area contributed by atoms with Crippen molar-refractivity contribution in [2.75, 3.05) is 25.5 Å². The van der Waals surface area contributed by atoms with Gasteiger partial charge in [0.2, 0.25) is 0 Å². The molecule has 0 aliphatic rings. The van der Waals surface area contributed by atoms with Crippen molar-refractivity contribution in [2.45, 2.75) is 19.9 Å². The van der Waals surface area contributed by atoms with Gasteiger partial charge in [0.15, 0.2) is 0 Å². The first-order valence-corrected chi connectivity index (χ1v) is 5.01. The first-order chi connectivity index (χ1) is 6.65. The molecule has 0 aliphatic carbocycles. The molecule has 1 rings (SSSR count). The van der Waals surface area contributed by atoms with E-state index in [-0.39, 0.29) is 0 Å². The van der Waals surface area contributed by atoms with Crippen molar-refractivity contribution in [3.8, 4) is 0 Å². The minimum Gasteiger partial charge on any atom is -0.376 e. The Morgan fingerprint density at radius 3 is 2.57 bits per heavy atom. The number of nitrogens with zero attached hydrogens (tertiary/aromatic N) is 2. The summed E-state index contributed by atoms with van der Waals surface area (Å²) < 4.78 is 0. The zero-order chi connectivity index (χ0) is 10.6. The van der Waals surface area contributed by atoms with E-state index in [4.69, 9.17) is 0 Å². The van der Waals surface area contributed by atoms with Crippen LogP contribution in [0.3, 0.4) is 0 Å². The molecular formula is C11H19N3. The van der Waals surface area contributed by atoms with Crippen LogP contribution in [-0.2, 0) is 0 Å². The minimum atomic E-state index is 0.330. The van der Waals surface area contributed by atoms with E-state index in [1.807, 2.05) is 20.3 Å². The highest BCUT2D eigenvalue weighted by Gasteiger charge is 2.04. The number of pyridine rings is 1. The third kappa shape index (κ3) is 2.70. The predicted octanol–water partition coefficient (Wildman–Crippen LogP) is 1.82. The summed E-state index contributed by atoms with van der Waals surface area (Å²) in [7, 11) is 4.04. The van der Waals surface area contributed by atoms with Crippen molar-refractivity contribution in [2.24, 2.45) is 0 Å². The van der Waals surface area contributed by atoms with Gasteiger partial charge in [-0.05, 0) is 25.6 Å². The molecular weight excluding hydrogens is 174 g/mol. The van der Waals surface area contributed by atoms with Gasteiger partial charge in [0.25, 0.3) is 0 Å². The van der Waals surface area contributed by atoms with Crippen LogP contribution in [0, 0.1) is 0 Å². The quantitative estimate of drug-likeness (QED) is 0.790. The summed E-state index contributed by atoms with van der Waals surface area (Å²) in [6, 6.07) is 4.50. The average molecular weight is 193 g/mol. The predicted molar refractivity (Wildman–Crippen MR) is 60.7 cm³/mol. The lowest BCUT2D eigenvalue weighted by Crippen LogP contribution is -2.19. The van der Waals surface area contributed by atoms with Crippen molar-refractivity contribution in [1.82, 2.24) is 10.3 Å². The van der Waals surface area contributed by atoms with Crippen LogP contribution in [0.2, 0.25) is 0 Å². The summed E-state index contributed by atoms with van der Waals surface area (Å²) >= 11 is 0. The maximum atomic E-state index is 4.41. The van der Waals surface area contributed by atoms with Crippen LogP contribution in [0.25, 0.3) is 0 Å². The van der Waals surface area contributed by atoms with Gasteiger partial charge in [-0.1, -0.05) is 6.92 Å². The molecule has 3 nitrogen and oxygen atoms in total. The molecule has 0 fully saturated rings. The number of nitrogens with one attached hydrogen (secondary N) is 1. The molecule has 1 atom stereocenters. The fourth-order valence-electron chi connectivity index (χ4n) is 1.33. The van der Waals surface area contributed by atoms with Crippen molar-refractivity contribution >= 4 is 5.69 Å². The third-order valence-electron chi connectivity index (χ3n) is 2.24. The van der Waals surface area contributed by atoms with E-state index in [1.165, 1.54) is 0 Å². The lowest BCUT2D eigenvalue weighted by Gasteiger charge is -2.15. The number of aromatic nitrogens is 1. The Hall–Kier alpha value is -1.09. The third-order valence-corrected chi connectivity index (χ3v) is 2.24. The smallest absolute Gasteiger partial charge is 0.0572 e. The van der Waals surface area contributed by atoms with E-state index < -0.39 is 0 Å². The molecule has 3 heteroatoms. The Balaban J connectivity index is 2.72. The first-order valence-electron chi connectivity index (χ1n) is 5.01. The molecule has 0 amide bonds. The molecule has 1 aromatic heterocycles. The van der Waals surface area contributed by atoms with Gasteiger partial charge in [-0.15, -0.1) is 0 Å². The zero-order valence-corrected chi connectivity index (χ0v) is 9.41. The Morgan fingerprint density at radius 2 is 2.14 bits per heavy atom. The molecule has 1 aromatic rings. The van der Waals surface area contributed by atoms with E-state index in [0.717, 1.165) is 17.9 Å². The fraction of sp³-hybridized carbons (Fsp3) is 0.545. The van der Waals surface area contributed by atoms with E-state index in [0.29, 0.717) is 6.04 Å². The normalized spacial score (nSPS) is 12.6. The van der Waals surface area contributed by atoms with E-state index in [2.05, 4.69) is 41.2 Å². The fourth-order valence-corrected chi connectivity index (χ4v) is 1.33. The molecule has 0 aliphatic heterocycles. The molecule has 78 valence electrons. The second-order valence-corrected chi connectivity index (χ2v) is 3.62. The van der Waals surface area contributed by atoms with Crippen LogP contribution < -0.4 is 10.2 Å². The van der Waals surface area contributed by atoms with Crippen molar-refractivity contribution in [1.29, 1.82) is 0 Å². The standard InChI is InChI=1S/C11H19N3/c1-5-12-9(2)11-7-6-10(8-13-11)14(3)4/h6-9,12H,5H2,1-4H3. The van der Waals surface area contributed by atoms with Gasteiger partial charge >= 0.3 is 0 Å². The molecule has 0 spiro atoms. The number of hydrogen-bond donors (Lipinski definition) is 1. The summed E-state index contributed by atoms with van der Waals surface area (Å²) in [5, 5.41) is 3.33. The van der Waals surface area contributed by atoms with Crippen molar-refractivity contribution in [3.05, 3.63) is 24.0 Å². The summed E-state index contributed by atoms with van der Waals surface area (Å²) in [6.45, 7) is 5.20. The van der Waals surface area contributed by atoms with Gasteiger partial charge in [-0.3, -0.25) is 4.98 Å². The Kier molecular flexibility index (Phi) is 3.89. The van der Waals surface area contributed by atoms with Crippen LogP contribution in [0.15, 0.2) is 18.3 Å². The molecule has 0 aromatic carbocycles. The number of hydrogen-bond acceptors (Lipinski definition) is 3. The Bertz CT molecular complexity index is 266. The van der Waals surface area contributed by atoms with Gasteiger partial charge in [0.05, 0.1) is 17.6 Å². The Labute approximate surface area is 86.2 Å².